The third-order valence-electron chi connectivity index (χ3n) is 3.23. The highest BCUT2D eigenvalue weighted by molar-refractivity contribution is 5.79. The number of carboxylic acid groups (broad SMARTS) is 1. The van der Waals surface area contributed by atoms with Crippen LogP contribution in [0.25, 0.3) is 0 Å². The monoisotopic (exact) mass is 263 g/mol. The van der Waals surface area contributed by atoms with E-state index in [9.17, 15) is 9.59 Å². The van der Waals surface area contributed by atoms with Crippen molar-refractivity contribution in [2.45, 2.75) is 13.0 Å². The summed E-state index contributed by atoms with van der Waals surface area (Å²) in [4.78, 5) is 24.2. The summed E-state index contributed by atoms with van der Waals surface area (Å²) >= 11 is 0. The lowest BCUT2D eigenvalue weighted by molar-refractivity contribution is -0.141. The minimum atomic E-state index is -0.833. The molecule has 19 heavy (non-hydrogen) atoms. The van der Waals surface area contributed by atoms with Gasteiger partial charge in [0.2, 0.25) is 5.91 Å². The summed E-state index contributed by atoms with van der Waals surface area (Å²) in [7, 11) is 0. The van der Waals surface area contributed by atoms with Crippen LogP contribution in [0.1, 0.15) is 12.0 Å². The number of hydrogen-bond donors (Lipinski definition) is 1. The summed E-state index contributed by atoms with van der Waals surface area (Å²) in [6.45, 7) is 1.19. The largest absolute Gasteiger partial charge is 0.481 e. The maximum absolute atomic E-state index is 11.8. The van der Waals surface area contributed by atoms with Crippen LogP contribution in [-0.4, -0.2) is 41.6 Å². The van der Waals surface area contributed by atoms with E-state index in [1.807, 2.05) is 30.3 Å². The molecule has 1 N–H and O–H groups in total. The molecule has 1 amide bonds. The normalized spacial score (nSPS) is 18.5. The van der Waals surface area contributed by atoms with Gasteiger partial charge in [-0.2, -0.15) is 0 Å². The van der Waals surface area contributed by atoms with E-state index < -0.39 is 11.9 Å². The van der Waals surface area contributed by atoms with Crippen molar-refractivity contribution in [3.63, 3.8) is 0 Å². The Morgan fingerprint density at radius 2 is 2.05 bits per heavy atom. The highest BCUT2D eigenvalue weighted by Gasteiger charge is 2.30. The second-order valence-corrected chi connectivity index (χ2v) is 4.64. The van der Waals surface area contributed by atoms with Crippen molar-refractivity contribution in [2.75, 3.05) is 19.7 Å². The molecule has 102 valence electrons. The molecule has 1 unspecified atom stereocenters. The first kappa shape index (κ1) is 13.5. The number of benzene rings is 1. The summed E-state index contributed by atoms with van der Waals surface area (Å²) in [5, 5.41) is 8.87. The average Bonchev–Trinajstić information content (AvgIpc) is 2.89. The Labute approximate surface area is 111 Å². The molecule has 0 bridgehead atoms. The van der Waals surface area contributed by atoms with Crippen molar-refractivity contribution in [3.8, 4) is 0 Å². The number of likely N-dealkylation sites (tertiary alicyclic amines) is 1. The number of nitrogens with zero attached hydrogens (tertiary/aromatic N) is 1. The second kappa shape index (κ2) is 6.33. The molecular formula is C14H17NO4. The van der Waals surface area contributed by atoms with Gasteiger partial charge in [0.05, 0.1) is 12.5 Å². The summed E-state index contributed by atoms with van der Waals surface area (Å²) in [6, 6.07) is 9.61. The maximum Gasteiger partial charge on any atom is 0.308 e. The molecule has 0 saturated carbocycles. The van der Waals surface area contributed by atoms with E-state index in [0.29, 0.717) is 26.1 Å². The van der Waals surface area contributed by atoms with E-state index in [1.165, 1.54) is 0 Å². The first-order chi connectivity index (χ1) is 9.16. The minimum absolute atomic E-state index is 0.00122. The molecule has 5 heteroatoms. The van der Waals surface area contributed by atoms with E-state index in [4.69, 9.17) is 9.84 Å². The topological polar surface area (TPSA) is 66.8 Å². The number of hydrogen-bond acceptors (Lipinski definition) is 3. The zero-order valence-corrected chi connectivity index (χ0v) is 10.6. The first-order valence-corrected chi connectivity index (χ1v) is 6.29. The number of ether oxygens (including phenoxy) is 1. The summed E-state index contributed by atoms with van der Waals surface area (Å²) in [5.74, 6) is -1.40. The van der Waals surface area contributed by atoms with Crippen LogP contribution >= 0.6 is 0 Å². The Kier molecular flexibility index (Phi) is 4.52. The Hall–Kier alpha value is -1.88. The lowest BCUT2D eigenvalue weighted by atomic mass is 10.1. The highest BCUT2D eigenvalue weighted by Crippen LogP contribution is 2.16. The van der Waals surface area contributed by atoms with Crippen LogP contribution in [0, 0.1) is 5.92 Å². The van der Waals surface area contributed by atoms with Crippen LogP contribution in [-0.2, 0) is 20.9 Å². The number of amides is 1. The van der Waals surface area contributed by atoms with Gasteiger partial charge in [-0.05, 0) is 12.0 Å². The fourth-order valence-corrected chi connectivity index (χ4v) is 2.11. The number of carboxylic acids is 1. The molecule has 0 radical (unpaired) electrons. The van der Waals surface area contributed by atoms with Gasteiger partial charge in [-0.1, -0.05) is 30.3 Å². The fourth-order valence-electron chi connectivity index (χ4n) is 2.11. The van der Waals surface area contributed by atoms with Gasteiger partial charge in [-0.3, -0.25) is 9.59 Å². The molecule has 0 spiro atoms. The lowest BCUT2D eigenvalue weighted by Gasteiger charge is -2.15. The number of rotatable bonds is 5. The van der Waals surface area contributed by atoms with Gasteiger partial charge < -0.3 is 14.7 Å². The van der Waals surface area contributed by atoms with Gasteiger partial charge >= 0.3 is 5.97 Å². The Morgan fingerprint density at radius 1 is 1.32 bits per heavy atom. The van der Waals surface area contributed by atoms with E-state index in [0.717, 1.165) is 5.56 Å². The predicted molar refractivity (Wildman–Crippen MR) is 68.4 cm³/mol. The van der Waals surface area contributed by atoms with Crippen molar-refractivity contribution in [1.29, 1.82) is 0 Å². The van der Waals surface area contributed by atoms with Gasteiger partial charge in [0.25, 0.3) is 0 Å². The lowest BCUT2D eigenvalue weighted by Crippen LogP contribution is -2.32. The number of carbonyl (C=O) groups excluding carboxylic acids is 1. The molecular weight excluding hydrogens is 246 g/mol. The molecule has 5 nitrogen and oxygen atoms in total. The Balaban J connectivity index is 1.72. The predicted octanol–water partition coefficient (Wildman–Crippen LogP) is 1.14. The molecule has 1 aliphatic heterocycles. The van der Waals surface area contributed by atoms with Crippen molar-refractivity contribution in [3.05, 3.63) is 35.9 Å². The van der Waals surface area contributed by atoms with Gasteiger partial charge in [-0.25, -0.2) is 0 Å². The molecule has 1 fully saturated rings. The zero-order chi connectivity index (χ0) is 13.7. The molecule has 2 rings (SSSR count). The van der Waals surface area contributed by atoms with Crippen molar-refractivity contribution in [1.82, 2.24) is 4.90 Å². The van der Waals surface area contributed by atoms with E-state index in [2.05, 4.69) is 0 Å². The quantitative estimate of drug-likeness (QED) is 0.865. The van der Waals surface area contributed by atoms with Gasteiger partial charge in [0.1, 0.15) is 6.61 Å². The molecule has 0 aromatic heterocycles. The van der Waals surface area contributed by atoms with Crippen molar-refractivity contribution in [2.24, 2.45) is 5.92 Å². The van der Waals surface area contributed by atoms with E-state index in [-0.39, 0.29) is 12.5 Å². The van der Waals surface area contributed by atoms with Gasteiger partial charge in [0, 0.05) is 13.1 Å². The molecule has 0 aliphatic carbocycles. The van der Waals surface area contributed by atoms with Crippen LogP contribution in [0.3, 0.4) is 0 Å². The number of carbonyl (C=O) groups is 2. The minimum Gasteiger partial charge on any atom is -0.481 e. The number of aliphatic carboxylic acids is 1. The highest BCUT2D eigenvalue weighted by atomic mass is 16.5. The molecule has 1 aromatic rings. The Morgan fingerprint density at radius 3 is 2.68 bits per heavy atom. The van der Waals surface area contributed by atoms with E-state index >= 15 is 0 Å². The average molecular weight is 263 g/mol. The third kappa shape index (κ3) is 3.79. The van der Waals surface area contributed by atoms with Gasteiger partial charge in [-0.15, -0.1) is 0 Å². The first-order valence-electron chi connectivity index (χ1n) is 6.29. The molecule has 1 saturated heterocycles. The SMILES string of the molecule is O=C(O)C1CCN(C(=O)COCc2ccccc2)C1. The van der Waals surface area contributed by atoms with Crippen molar-refractivity contribution < 1.29 is 19.4 Å². The van der Waals surface area contributed by atoms with Crippen LogP contribution in [0.5, 0.6) is 0 Å². The smallest absolute Gasteiger partial charge is 0.308 e. The summed E-state index contributed by atoms with van der Waals surface area (Å²) < 4.78 is 5.35. The van der Waals surface area contributed by atoms with Crippen molar-refractivity contribution >= 4 is 11.9 Å². The fraction of sp³-hybridized carbons (Fsp3) is 0.429. The zero-order valence-electron chi connectivity index (χ0n) is 10.6. The summed E-state index contributed by atoms with van der Waals surface area (Å²) in [6.07, 6.45) is 0.528. The second-order valence-electron chi connectivity index (χ2n) is 4.64. The van der Waals surface area contributed by atoms with Gasteiger partial charge in [0.15, 0.2) is 0 Å². The van der Waals surface area contributed by atoms with Crippen LogP contribution in [0.4, 0.5) is 0 Å². The third-order valence-corrected chi connectivity index (χ3v) is 3.23. The van der Waals surface area contributed by atoms with Crippen LogP contribution in [0.2, 0.25) is 0 Å². The molecule has 1 aliphatic rings. The van der Waals surface area contributed by atoms with Crippen LogP contribution < -0.4 is 0 Å². The van der Waals surface area contributed by atoms with Crippen LogP contribution in [0.15, 0.2) is 30.3 Å². The Bertz CT molecular complexity index is 446. The standard InChI is InChI=1S/C14H17NO4/c16-13(15-7-6-12(8-15)14(17)18)10-19-9-11-4-2-1-3-5-11/h1-5,12H,6-10H2,(H,17,18). The molecule has 1 atom stereocenters. The molecule has 1 aromatic carbocycles. The van der Waals surface area contributed by atoms with E-state index in [1.54, 1.807) is 4.90 Å². The molecule has 1 heterocycles. The summed E-state index contributed by atoms with van der Waals surface area (Å²) in [5.41, 5.74) is 1.01. The maximum atomic E-state index is 11.8.